The van der Waals surface area contributed by atoms with Gasteiger partial charge in [-0.05, 0) is 17.9 Å². The standard InChI is InChI=1S/C12H20N2S/c1-4-15-10-9-13-11-7-5-6-8-12(11)14(2)3/h5-8,13H,4,9-10H2,1-3H3. The highest BCUT2D eigenvalue weighted by Crippen LogP contribution is 2.23. The first kappa shape index (κ1) is 12.2. The van der Waals surface area contributed by atoms with Gasteiger partial charge >= 0.3 is 0 Å². The van der Waals surface area contributed by atoms with Gasteiger partial charge in [-0.15, -0.1) is 0 Å². The van der Waals surface area contributed by atoms with Gasteiger partial charge in [0.05, 0.1) is 11.4 Å². The van der Waals surface area contributed by atoms with Crippen molar-refractivity contribution in [1.29, 1.82) is 0 Å². The summed E-state index contributed by atoms with van der Waals surface area (Å²) < 4.78 is 0. The lowest BCUT2D eigenvalue weighted by Crippen LogP contribution is -2.13. The molecule has 0 aliphatic carbocycles. The molecular formula is C12H20N2S. The minimum atomic E-state index is 1.03. The number of hydrogen-bond acceptors (Lipinski definition) is 3. The summed E-state index contributed by atoms with van der Waals surface area (Å²) in [5.41, 5.74) is 2.47. The number of nitrogens with zero attached hydrogens (tertiary/aromatic N) is 1. The van der Waals surface area contributed by atoms with E-state index in [1.54, 1.807) is 0 Å². The van der Waals surface area contributed by atoms with Crippen molar-refractivity contribution in [3.63, 3.8) is 0 Å². The molecule has 0 fully saturated rings. The van der Waals surface area contributed by atoms with Crippen LogP contribution in [0.1, 0.15) is 6.92 Å². The summed E-state index contributed by atoms with van der Waals surface area (Å²) in [7, 11) is 4.14. The SMILES string of the molecule is CCSCCNc1ccccc1N(C)C. The van der Waals surface area contributed by atoms with Gasteiger partial charge in [-0.3, -0.25) is 0 Å². The van der Waals surface area contributed by atoms with Crippen LogP contribution in [-0.4, -0.2) is 32.1 Å². The van der Waals surface area contributed by atoms with E-state index in [4.69, 9.17) is 0 Å². The minimum absolute atomic E-state index is 1.03. The van der Waals surface area contributed by atoms with E-state index < -0.39 is 0 Å². The zero-order valence-corrected chi connectivity index (χ0v) is 10.6. The van der Waals surface area contributed by atoms with Crippen molar-refractivity contribution in [1.82, 2.24) is 0 Å². The zero-order valence-electron chi connectivity index (χ0n) is 9.79. The lowest BCUT2D eigenvalue weighted by Gasteiger charge is -2.18. The van der Waals surface area contributed by atoms with Crippen molar-refractivity contribution in [2.75, 3.05) is 42.4 Å². The van der Waals surface area contributed by atoms with E-state index in [0.29, 0.717) is 0 Å². The lowest BCUT2D eigenvalue weighted by molar-refractivity contribution is 1.12. The summed E-state index contributed by atoms with van der Waals surface area (Å²) in [6.07, 6.45) is 0. The van der Waals surface area contributed by atoms with E-state index in [-0.39, 0.29) is 0 Å². The Bertz CT molecular complexity index is 287. The molecule has 3 heteroatoms. The molecule has 0 unspecified atom stereocenters. The average Bonchev–Trinajstić information content (AvgIpc) is 2.25. The third-order valence-corrected chi connectivity index (χ3v) is 3.05. The highest BCUT2D eigenvalue weighted by atomic mass is 32.2. The monoisotopic (exact) mass is 224 g/mol. The molecular weight excluding hydrogens is 204 g/mol. The van der Waals surface area contributed by atoms with E-state index >= 15 is 0 Å². The van der Waals surface area contributed by atoms with Gasteiger partial charge < -0.3 is 10.2 Å². The molecule has 1 N–H and O–H groups in total. The van der Waals surface area contributed by atoms with Crippen molar-refractivity contribution < 1.29 is 0 Å². The highest BCUT2D eigenvalue weighted by molar-refractivity contribution is 7.99. The fourth-order valence-corrected chi connectivity index (χ4v) is 1.95. The van der Waals surface area contributed by atoms with Crippen LogP contribution < -0.4 is 10.2 Å². The van der Waals surface area contributed by atoms with Crippen molar-refractivity contribution in [3.8, 4) is 0 Å². The van der Waals surface area contributed by atoms with Crippen LogP contribution in [0.2, 0.25) is 0 Å². The molecule has 2 nitrogen and oxygen atoms in total. The van der Waals surface area contributed by atoms with E-state index in [1.165, 1.54) is 17.1 Å². The molecule has 0 amide bonds. The van der Waals surface area contributed by atoms with E-state index in [0.717, 1.165) is 12.3 Å². The minimum Gasteiger partial charge on any atom is -0.383 e. The third-order valence-electron chi connectivity index (χ3n) is 2.15. The van der Waals surface area contributed by atoms with Crippen LogP contribution in [0, 0.1) is 0 Å². The van der Waals surface area contributed by atoms with Gasteiger partial charge in [0.1, 0.15) is 0 Å². The van der Waals surface area contributed by atoms with Crippen LogP contribution in [0.5, 0.6) is 0 Å². The summed E-state index contributed by atoms with van der Waals surface area (Å²) in [6.45, 7) is 3.22. The van der Waals surface area contributed by atoms with Crippen LogP contribution in [0.4, 0.5) is 11.4 Å². The number of hydrogen-bond donors (Lipinski definition) is 1. The molecule has 1 rings (SSSR count). The average molecular weight is 224 g/mol. The summed E-state index contributed by atoms with van der Waals surface area (Å²) in [5, 5.41) is 3.47. The summed E-state index contributed by atoms with van der Waals surface area (Å²) in [5.74, 6) is 2.36. The normalized spacial score (nSPS) is 10.1. The predicted octanol–water partition coefficient (Wildman–Crippen LogP) is 2.92. The van der Waals surface area contributed by atoms with Crippen molar-refractivity contribution in [2.24, 2.45) is 0 Å². The van der Waals surface area contributed by atoms with Crippen LogP contribution in [0.3, 0.4) is 0 Å². The van der Waals surface area contributed by atoms with Gasteiger partial charge in [0.2, 0.25) is 0 Å². The second kappa shape index (κ2) is 6.62. The van der Waals surface area contributed by atoms with E-state index in [1.807, 2.05) is 11.8 Å². The molecule has 0 saturated carbocycles. The van der Waals surface area contributed by atoms with Gasteiger partial charge in [0, 0.05) is 26.4 Å². The summed E-state index contributed by atoms with van der Waals surface area (Å²) >= 11 is 1.97. The number of rotatable bonds is 6. The fraction of sp³-hybridized carbons (Fsp3) is 0.500. The molecule has 0 saturated heterocycles. The quantitative estimate of drug-likeness (QED) is 0.748. The smallest absolute Gasteiger partial charge is 0.0596 e. The number of thioether (sulfide) groups is 1. The van der Waals surface area contributed by atoms with Gasteiger partial charge in [-0.1, -0.05) is 19.1 Å². The molecule has 1 aromatic rings. The molecule has 0 heterocycles. The Labute approximate surface area is 97.1 Å². The first-order valence-corrected chi connectivity index (χ1v) is 6.49. The maximum atomic E-state index is 3.47. The van der Waals surface area contributed by atoms with Crippen LogP contribution in [0.15, 0.2) is 24.3 Å². The predicted molar refractivity (Wildman–Crippen MR) is 72.3 cm³/mol. The molecule has 0 aromatic heterocycles. The third kappa shape index (κ3) is 4.04. The molecule has 0 radical (unpaired) electrons. The largest absolute Gasteiger partial charge is 0.383 e. The Morgan fingerprint density at radius 1 is 1.27 bits per heavy atom. The number of para-hydroxylation sites is 2. The van der Waals surface area contributed by atoms with Crippen LogP contribution >= 0.6 is 11.8 Å². The maximum Gasteiger partial charge on any atom is 0.0596 e. The molecule has 0 atom stereocenters. The lowest BCUT2D eigenvalue weighted by atomic mass is 10.2. The van der Waals surface area contributed by atoms with Crippen LogP contribution in [0.25, 0.3) is 0 Å². The Morgan fingerprint density at radius 2 is 2.00 bits per heavy atom. The first-order valence-electron chi connectivity index (χ1n) is 5.33. The zero-order chi connectivity index (χ0) is 11.1. The van der Waals surface area contributed by atoms with Crippen LogP contribution in [-0.2, 0) is 0 Å². The Kier molecular flexibility index (Phi) is 5.40. The second-order valence-corrected chi connectivity index (χ2v) is 4.93. The molecule has 0 aliphatic heterocycles. The molecule has 0 spiro atoms. The highest BCUT2D eigenvalue weighted by Gasteiger charge is 2.01. The maximum absolute atomic E-state index is 3.47. The topological polar surface area (TPSA) is 15.3 Å². The van der Waals surface area contributed by atoms with Gasteiger partial charge in [0.25, 0.3) is 0 Å². The number of nitrogens with one attached hydrogen (secondary N) is 1. The second-order valence-electron chi connectivity index (χ2n) is 3.54. The molecule has 0 bridgehead atoms. The number of benzene rings is 1. The van der Waals surface area contributed by atoms with Gasteiger partial charge in [-0.25, -0.2) is 0 Å². The summed E-state index contributed by atoms with van der Waals surface area (Å²) in [4.78, 5) is 2.13. The van der Waals surface area contributed by atoms with Gasteiger partial charge in [0.15, 0.2) is 0 Å². The molecule has 15 heavy (non-hydrogen) atoms. The molecule has 0 aliphatic rings. The number of anilines is 2. The first-order chi connectivity index (χ1) is 7.25. The van der Waals surface area contributed by atoms with Gasteiger partial charge in [-0.2, -0.15) is 11.8 Å². The Hall–Kier alpha value is -0.830. The van der Waals surface area contributed by atoms with E-state index in [2.05, 4.69) is 55.5 Å². The molecule has 1 aromatic carbocycles. The summed E-state index contributed by atoms with van der Waals surface area (Å²) in [6, 6.07) is 8.41. The fourth-order valence-electron chi connectivity index (χ4n) is 1.42. The Morgan fingerprint density at radius 3 is 2.67 bits per heavy atom. The van der Waals surface area contributed by atoms with Crippen molar-refractivity contribution in [3.05, 3.63) is 24.3 Å². The molecule has 84 valence electrons. The Balaban J connectivity index is 2.52. The van der Waals surface area contributed by atoms with E-state index in [9.17, 15) is 0 Å². The van der Waals surface area contributed by atoms with Crippen molar-refractivity contribution in [2.45, 2.75) is 6.92 Å². The van der Waals surface area contributed by atoms with Crippen molar-refractivity contribution >= 4 is 23.1 Å².